The fourth-order valence-electron chi connectivity index (χ4n) is 3.10. The van der Waals surface area contributed by atoms with Crippen LogP contribution >= 0.6 is 11.6 Å². The molecule has 0 fully saturated rings. The highest BCUT2D eigenvalue weighted by Gasteiger charge is 2.31. The van der Waals surface area contributed by atoms with Gasteiger partial charge in [0.1, 0.15) is 23.1 Å². The van der Waals surface area contributed by atoms with E-state index in [1.165, 1.54) is 12.3 Å². The summed E-state index contributed by atoms with van der Waals surface area (Å²) in [5, 5.41) is 14.6. The molecule has 2 aromatic carbocycles. The average molecular weight is 419 g/mol. The number of halogens is 4. The lowest BCUT2D eigenvalue weighted by Gasteiger charge is -2.21. The van der Waals surface area contributed by atoms with Gasteiger partial charge in [0, 0.05) is 17.1 Å². The first-order valence-corrected chi connectivity index (χ1v) is 8.95. The summed E-state index contributed by atoms with van der Waals surface area (Å²) in [6, 6.07) is 12.5. The average Bonchev–Trinajstić information content (AvgIpc) is 3.22. The molecule has 0 saturated carbocycles. The molecule has 0 aliphatic rings. The molecule has 148 valence electrons. The molecule has 0 spiro atoms. The predicted molar refractivity (Wildman–Crippen MR) is 104 cm³/mol. The fraction of sp³-hybridized carbons (Fsp3) is 0.0952. The van der Waals surface area contributed by atoms with Gasteiger partial charge in [-0.25, -0.2) is 0 Å². The summed E-state index contributed by atoms with van der Waals surface area (Å²) in [5.74, 6) is 0.296. The van der Waals surface area contributed by atoms with Crippen LogP contribution in [0.15, 0.2) is 71.5 Å². The summed E-state index contributed by atoms with van der Waals surface area (Å²) in [4.78, 5) is 4.19. The number of rotatable bonds is 4. The lowest BCUT2D eigenvalue weighted by atomic mass is 10.00. The Bertz CT molecular complexity index is 1160. The smallest absolute Gasteiger partial charge is 0.416 e. The zero-order chi connectivity index (χ0) is 20.6. The summed E-state index contributed by atoms with van der Waals surface area (Å²) in [7, 11) is 0. The number of nitrogens with one attached hydrogen (secondary N) is 1. The Morgan fingerprint density at radius 3 is 2.62 bits per heavy atom. The minimum Gasteiger partial charge on any atom is -0.505 e. The van der Waals surface area contributed by atoms with Gasteiger partial charge in [-0.15, -0.1) is 0 Å². The standard InChI is InChI=1S/C21H14ClF3N2O2/c22-15-8-6-13(21(23,24)25)11-16(15)27-19(17-4-2-10-29-17)14-7-5-12-3-1-9-26-18(12)20(14)28/h1-11,19,27-28H. The molecule has 4 rings (SSSR count). The van der Waals surface area contributed by atoms with Crippen LogP contribution in [0.3, 0.4) is 0 Å². The number of anilines is 1. The Morgan fingerprint density at radius 2 is 1.90 bits per heavy atom. The quantitative estimate of drug-likeness (QED) is 0.402. The second-order valence-electron chi connectivity index (χ2n) is 6.36. The van der Waals surface area contributed by atoms with Crippen molar-refractivity contribution in [2.24, 2.45) is 0 Å². The van der Waals surface area contributed by atoms with Crippen LogP contribution in [-0.4, -0.2) is 10.1 Å². The largest absolute Gasteiger partial charge is 0.505 e. The van der Waals surface area contributed by atoms with Crippen molar-refractivity contribution in [1.82, 2.24) is 4.98 Å². The van der Waals surface area contributed by atoms with Crippen LogP contribution in [0.2, 0.25) is 5.02 Å². The van der Waals surface area contributed by atoms with Gasteiger partial charge >= 0.3 is 6.18 Å². The Balaban J connectivity index is 1.83. The van der Waals surface area contributed by atoms with Gasteiger partial charge < -0.3 is 14.8 Å². The first-order chi connectivity index (χ1) is 13.8. The van der Waals surface area contributed by atoms with Crippen molar-refractivity contribution in [3.63, 3.8) is 0 Å². The van der Waals surface area contributed by atoms with Crippen molar-refractivity contribution < 1.29 is 22.7 Å². The molecule has 0 amide bonds. The van der Waals surface area contributed by atoms with Crippen LogP contribution in [0.4, 0.5) is 18.9 Å². The number of alkyl halides is 3. The van der Waals surface area contributed by atoms with Crippen LogP contribution in [-0.2, 0) is 6.18 Å². The first kappa shape index (κ1) is 19.1. The van der Waals surface area contributed by atoms with Gasteiger partial charge in [0.05, 0.1) is 22.5 Å². The van der Waals surface area contributed by atoms with Crippen molar-refractivity contribution in [3.8, 4) is 5.75 Å². The highest BCUT2D eigenvalue weighted by molar-refractivity contribution is 6.33. The summed E-state index contributed by atoms with van der Waals surface area (Å²) in [6.45, 7) is 0. The van der Waals surface area contributed by atoms with Crippen molar-refractivity contribution in [2.45, 2.75) is 12.2 Å². The minimum atomic E-state index is -4.52. The zero-order valence-corrected chi connectivity index (χ0v) is 15.5. The Kier molecular flexibility index (Phi) is 4.84. The summed E-state index contributed by atoms with van der Waals surface area (Å²) in [6.07, 6.45) is -1.53. The van der Waals surface area contributed by atoms with Crippen LogP contribution in [0.5, 0.6) is 5.75 Å². The third-order valence-corrected chi connectivity index (χ3v) is 4.84. The molecule has 0 bridgehead atoms. The topological polar surface area (TPSA) is 58.3 Å². The zero-order valence-electron chi connectivity index (χ0n) is 14.7. The molecule has 1 atom stereocenters. The summed E-state index contributed by atoms with van der Waals surface area (Å²) >= 11 is 6.14. The van der Waals surface area contributed by atoms with Crippen LogP contribution < -0.4 is 5.32 Å². The second-order valence-corrected chi connectivity index (χ2v) is 6.77. The van der Waals surface area contributed by atoms with E-state index >= 15 is 0 Å². The predicted octanol–water partition coefficient (Wildman–Crippen LogP) is 6.41. The lowest BCUT2D eigenvalue weighted by molar-refractivity contribution is -0.137. The molecule has 4 aromatic rings. The monoisotopic (exact) mass is 418 g/mol. The normalized spacial score (nSPS) is 12.8. The molecule has 0 radical (unpaired) electrons. The second kappa shape index (κ2) is 7.33. The van der Waals surface area contributed by atoms with Crippen LogP contribution in [0.25, 0.3) is 10.9 Å². The molecule has 0 saturated heterocycles. The third kappa shape index (κ3) is 3.73. The number of aromatic hydroxyl groups is 1. The number of aromatic nitrogens is 1. The Hall–Kier alpha value is -3.19. The SMILES string of the molecule is Oc1c(C(Nc2cc(C(F)(F)F)ccc2Cl)c2ccco2)ccc2cccnc12. The van der Waals surface area contributed by atoms with E-state index in [1.807, 2.05) is 0 Å². The van der Waals surface area contributed by atoms with Gasteiger partial charge in [0.15, 0.2) is 0 Å². The number of hydrogen-bond acceptors (Lipinski definition) is 4. The Morgan fingerprint density at radius 1 is 1.07 bits per heavy atom. The van der Waals surface area contributed by atoms with E-state index in [1.54, 1.807) is 42.6 Å². The highest BCUT2D eigenvalue weighted by Crippen LogP contribution is 2.39. The molecule has 8 heteroatoms. The maximum atomic E-state index is 13.1. The van der Waals surface area contributed by atoms with Gasteiger partial charge in [-0.1, -0.05) is 29.8 Å². The van der Waals surface area contributed by atoms with Gasteiger partial charge in [-0.2, -0.15) is 13.2 Å². The van der Waals surface area contributed by atoms with E-state index < -0.39 is 17.8 Å². The van der Waals surface area contributed by atoms with Gasteiger partial charge in [0.2, 0.25) is 0 Å². The molecule has 0 aliphatic heterocycles. The first-order valence-electron chi connectivity index (χ1n) is 8.58. The number of fused-ring (bicyclic) bond motifs is 1. The number of nitrogens with zero attached hydrogens (tertiary/aromatic N) is 1. The molecule has 0 aliphatic carbocycles. The van der Waals surface area contributed by atoms with Crippen molar-refractivity contribution in [3.05, 3.63) is 89.0 Å². The van der Waals surface area contributed by atoms with E-state index in [0.717, 1.165) is 17.5 Å². The molecule has 29 heavy (non-hydrogen) atoms. The van der Waals surface area contributed by atoms with E-state index in [9.17, 15) is 18.3 Å². The maximum Gasteiger partial charge on any atom is 0.416 e. The van der Waals surface area contributed by atoms with E-state index in [4.69, 9.17) is 16.0 Å². The molecular weight excluding hydrogens is 405 g/mol. The van der Waals surface area contributed by atoms with Gasteiger partial charge in [0.25, 0.3) is 0 Å². The third-order valence-electron chi connectivity index (χ3n) is 4.51. The molecular formula is C21H14ClF3N2O2. The summed E-state index contributed by atoms with van der Waals surface area (Å²) in [5.41, 5.74) is -0.0199. The van der Waals surface area contributed by atoms with Crippen LogP contribution in [0.1, 0.15) is 22.9 Å². The molecule has 1 unspecified atom stereocenters. The highest BCUT2D eigenvalue weighted by atomic mass is 35.5. The van der Waals surface area contributed by atoms with Crippen LogP contribution in [0, 0.1) is 0 Å². The number of hydrogen-bond donors (Lipinski definition) is 2. The van der Waals surface area contributed by atoms with Crippen molar-refractivity contribution in [1.29, 1.82) is 0 Å². The molecule has 2 heterocycles. The lowest BCUT2D eigenvalue weighted by Crippen LogP contribution is -2.14. The van der Waals surface area contributed by atoms with Crippen molar-refractivity contribution >= 4 is 28.2 Å². The van der Waals surface area contributed by atoms with Crippen molar-refractivity contribution in [2.75, 3.05) is 5.32 Å². The molecule has 4 nitrogen and oxygen atoms in total. The molecule has 2 N–H and O–H groups in total. The van der Waals surface area contributed by atoms with E-state index in [-0.39, 0.29) is 16.5 Å². The van der Waals surface area contributed by atoms with E-state index in [0.29, 0.717) is 16.8 Å². The number of pyridine rings is 1. The Labute approximate surface area is 168 Å². The number of phenols is 1. The maximum absolute atomic E-state index is 13.1. The summed E-state index contributed by atoms with van der Waals surface area (Å²) < 4.78 is 44.9. The fourth-order valence-corrected chi connectivity index (χ4v) is 3.28. The number of benzene rings is 2. The van der Waals surface area contributed by atoms with E-state index in [2.05, 4.69) is 10.3 Å². The minimum absolute atomic E-state index is 0.0587. The number of furan rings is 1. The van der Waals surface area contributed by atoms with Gasteiger partial charge in [-0.05, 0) is 36.4 Å². The van der Waals surface area contributed by atoms with Gasteiger partial charge in [-0.3, -0.25) is 4.98 Å². The molecule has 2 aromatic heterocycles. The number of phenolic OH excluding ortho intramolecular Hbond substituents is 1.